The number of nitrogens with one attached hydrogen (secondary N) is 2. The molecule has 3 heterocycles. The summed E-state index contributed by atoms with van der Waals surface area (Å²) < 4.78 is 0. The van der Waals surface area contributed by atoms with E-state index in [0.717, 1.165) is 27.7 Å². The van der Waals surface area contributed by atoms with E-state index in [4.69, 9.17) is 0 Å². The number of H-pyrrole nitrogens is 1. The van der Waals surface area contributed by atoms with Crippen LogP contribution in [0.15, 0.2) is 91.5 Å². The first-order chi connectivity index (χ1) is 17.1. The molecule has 0 aliphatic rings. The zero-order chi connectivity index (χ0) is 24.2. The van der Waals surface area contributed by atoms with Crippen LogP contribution in [-0.4, -0.2) is 37.7 Å². The number of carbonyl (C=O) groups excluding carboxylic acids is 1. The average Bonchev–Trinajstić information content (AvgIpc) is 3.33. The van der Waals surface area contributed by atoms with Crippen LogP contribution in [0.3, 0.4) is 0 Å². The van der Waals surface area contributed by atoms with Gasteiger partial charge in [-0.05, 0) is 47.0 Å². The van der Waals surface area contributed by atoms with Gasteiger partial charge in [0, 0.05) is 53.4 Å². The standard InChI is InChI=1S/C28H24N4O3/c33-17-24(20-6-3-10-29-15-20)28(35)31-14-18-4-1-5-19(12-18)22-7-2-8-23(27(22)34)26-13-21-16-30-11-9-25(21)32-26/h1-13,15-16,24,32-34H,14,17H2,(H,31,35). The molecule has 1 unspecified atom stereocenters. The first-order valence-corrected chi connectivity index (χ1v) is 11.3. The minimum absolute atomic E-state index is 0.171. The fraction of sp³-hybridized carbons (Fsp3) is 0.107. The molecule has 2 aromatic carbocycles. The Labute approximate surface area is 202 Å². The molecule has 0 spiro atoms. The maximum absolute atomic E-state index is 12.7. The van der Waals surface area contributed by atoms with Crippen molar-refractivity contribution in [2.45, 2.75) is 12.5 Å². The molecule has 7 nitrogen and oxygen atoms in total. The van der Waals surface area contributed by atoms with Crippen LogP contribution in [-0.2, 0) is 11.3 Å². The number of nitrogens with zero attached hydrogens (tertiary/aromatic N) is 2. The van der Waals surface area contributed by atoms with Gasteiger partial charge in [0.25, 0.3) is 0 Å². The van der Waals surface area contributed by atoms with Crippen LogP contribution in [0.25, 0.3) is 33.3 Å². The number of aromatic nitrogens is 3. The van der Waals surface area contributed by atoms with E-state index in [2.05, 4.69) is 20.3 Å². The van der Waals surface area contributed by atoms with Crippen LogP contribution in [0, 0.1) is 0 Å². The Hall–Kier alpha value is -4.49. The lowest BCUT2D eigenvalue weighted by atomic mass is 9.98. The Morgan fingerprint density at radius 2 is 1.77 bits per heavy atom. The van der Waals surface area contributed by atoms with Gasteiger partial charge < -0.3 is 20.5 Å². The number of carbonyl (C=O) groups is 1. The number of amides is 1. The Morgan fingerprint density at radius 1 is 0.943 bits per heavy atom. The van der Waals surface area contributed by atoms with Gasteiger partial charge >= 0.3 is 0 Å². The molecule has 3 aromatic heterocycles. The predicted molar refractivity (Wildman–Crippen MR) is 135 cm³/mol. The number of hydrogen-bond acceptors (Lipinski definition) is 5. The van der Waals surface area contributed by atoms with Gasteiger partial charge in [-0.2, -0.15) is 0 Å². The minimum Gasteiger partial charge on any atom is -0.507 e. The van der Waals surface area contributed by atoms with Crippen LogP contribution in [0.1, 0.15) is 17.0 Å². The number of aliphatic hydroxyl groups is 1. The third-order valence-corrected chi connectivity index (χ3v) is 6.04. The molecule has 0 aliphatic carbocycles. The summed E-state index contributed by atoms with van der Waals surface area (Å²) in [6.07, 6.45) is 6.72. The van der Waals surface area contributed by atoms with Crippen molar-refractivity contribution in [3.05, 3.63) is 103 Å². The third-order valence-electron chi connectivity index (χ3n) is 6.04. The topological polar surface area (TPSA) is 111 Å². The van der Waals surface area contributed by atoms with Crippen molar-refractivity contribution >= 4 is 16.8 Å². The van der Waals surface area contributed by atoms with Crippen LogP contribution < -0.4 is 5.32 Å². The van der Waals surface area contributed by atoms with Crippen molar-refractivity contribution in [3.63, 3.8) is 0 Å². The Bertz CT molecular complexity index is 1450. The lowest BCUT2D eigenvalue weighted by Crippen LogP contribution is -2.30. The highest BCUT2D eigenvalue weighted by molar-refractivity contribution is 5.89. The molecule has 5 aromatic rings. The van der Waals surface area contributed by atoms with E-state index in [9.17, 15) is 15.0 Å². The smallest absolute Gasteiger partial charge is 0.230 e. The van der Waals surface area contributed by atoms with Crippen molar-refractivity contribution in [3.8, 4) is 28.1 Å². The predicted octanol–water partition coefficient (Wildman–Crippen LogP) is 4.39. The van der Waals surface area contributed by atoms with E-state index in [-0.39, 0.29) is 18.3 Å². The molecule has 174 valence electrons. The molecular formula is C28H24N4O3. The van der Waals surface area contributed by atoms with Gasteiger partial charge in [-0.15, -0.1) is 0 Å². The van der Waals surface area contributed by atoms with E-state index in [1.165, 1.54) is 0 Å². The second-order valence-electron chi connectivity index (χ2n) is 8.29. The molecule has 0 radical (unpaired) electrons. The number of pyridine rings is 2. The summed E-state index contributed by atoms with van der Waals surface area (Å²) >= 11 is 0. The average molecular weight is 465 g/mol. The second-order valence-corrected chi connectivity index (χ2v) is 8.29. The first-order valence-electron chi connectivity index (χ1n) is 11.3. The monoisotopic (exact) mass is 464 g/mol. The molecule has 5 rings (SSSR count). The SMILES string of the molecule is O=C(NCc1cccc(-c2cccc(-c3cc4cnccc4[nH]3)c2O)c1)C(CO)c1cccnc1. The van der Waals surface area contributed by atoms with E-state index < -0.39 is 5.92 Å². The molecular weight excluding hydrogens is 440 g/mol. The van der Waals surface area contributed by atoms with Crippen molar-refractivity contribution in [2.24, 2.45) is 0 Å². The largest absolute Gasteiger partial charge is 0.507 e. The van der Waals surface area contributed by atoms with Gasteiger partial charge in [0.2, 0.25) is 5.91 Å². The molecule has 35 heavy (non-hydrogen) atoms. The first kappa shape index (κ1) is 22.3. The molecule has 7 heteroatoms. The van der Waals surface area contributed by atoms with Crippen LogP contribution in [0.4, 0.5) is 0 Å². The fourth-order valence-electron chi connectivity index (χ4n) is 4.19. The number of aromatic amines is 1. The lowest BCUT2D eigenvalue weighted by molar-refractivity contribution is -0.123. The van der Waals surface area contributed by atoms with Crippen molar-refractivity contribution in [1.82, 2.24) is 20.3 Å². The summed E-state index contributed by atoms with van der Waals surface area (Å²) in [5, 5.41) is 24.7. The Kier molecular flexibility index (Phi) is 6.24. The number of rotatable bonds is 7. The van der Waals surface area contributed by atoms with Crippen molar-refractivity contribution in [1.29, 1.82) is 0 Å². The Balaban J connectivity index is 1.37. The van der Waals surface area contributed by atoms with E-state index in [0.29, 0.717) is 23.2 Å². The highest BCUT2D eigenvalue weighted by atomic mass is 16.3. The quantitative estimate of drug-likeness (QED) is 0.286. The summed E-state index contributed by atoms with van der Waals surface area (Å²) in [6.45, 7) is -0.0129. The maximum atomic E-state index is 12.7. The molecule has 1 amide bonds. The zero-order valence-electron chi connectivity index (χ0n) is 18.8. The van der Waals surface area contributed by atoms with Gasteiger partial charge in [0.05, 0.1) is 18.2 Å². The van der Waals surface area contributed by atoms with Crippen molar-refractivity contribution < 1.29 is 15.0 Å². The highest BCUT2D eigenvalue weighted by Crippen LogP contribution is 2.38. The number of benzene rings is 2. The van der Waals surface area contributed by atoms with Gasteiger partial charge in [-0.1, -0.05) is 36.4 Å². The molecule has 1 atom stereocenters. The van der Waals surface area contributed by atoms with Gasteiger partial charge in [0.1, 0.15) is 5.75 Å². The van der Waals surface area contributed by atoms with Crippen LogP contribution >= 0.6 is 0 Å². The summed E-state index contributed by atoms with van der Waals surface area (Å²) in [5.74, 6) is -0.784. The second kappa shape index (κ2) is 9.79. The molecule has 0 fully saturated rings. The number of para-hydroxylation sites is 1. The lowest BCUT2D eigenvalue weighted by Gasteiger charge is -2.15. The number of fused-ring (bicyclic) bond motifs is 1. The highest BCUT2D eigenvalue weighted by Gasteiger charge is 2.20. The van der Waals surface area contributed by atoms with Crippen molar-refractivity contribution in [2.75, 3.05) is 6.61 Å². The van der Waals surface area contributed by atoms with E-state index in [1.807, 2.05) is 54.6 Å². The van der Waals surface area contributed by atoms with Crippen LogP contribution in [0.2, 0.25) is 0 Å². The minimum atomic E-state index is -0.681. The number of phenols is 1. The summed E-state index contributed by atoms with van der Waals surface area (Å²) in [4.78, 5) is 24.2. The number of aromatic hydroxyl groups is 1. The maximum Gasteiger partial charge on any atom is 0.230 e. The fourth-order valence-corrected chi connectivity index (χ4v) is 4.19. The molecule has 0 aliphatic heterocycles. The number of hydrogen-bond donors (Lipinski definition) is 4. The number of aliphatic hydroxyl groups excluding tert-OH is 1. The van der Waals surface area contributed by atoms with Gasteiger partial charge in [-0.3, -0.25) is 14.8 Å². The zero-order valence-corrected chi connectivity index (χ0v) is 18.8. The van der Waals surface area contributed by atoms with Gasteiger partial charge in [0.15, 0.2) is 0 Å². The van der Waals surface area contributed by atoms with Crippen LogP contribution in [0.5, 0.6) is 5.75 Å². The third kappa shape index (κ3) is 4.62. The molecule has 4 N–H and O–H groups in total. The van der Waals surface area contributed by atoms with E-state index in [1.54, 1.807) is 36.9 Å². The Morgan fingerprint density at radius 3 is 2.57 bits per heavy atom. The van der Waals surface area contributed by atoms with Gasteiger partial charge in [-0.25, -0.2) is 0 Å². The summed E-state index contributed by atoms with van der Waals surface area (Å²) in [5.41, 5.74) is 5.51. The van der Waals surface area contributed by atoms with E-state index >= 15 is 0 Å². The molecule has 0 bridgehead atoms. The molecule has 0 saturated carbocycles. The summed E-state index contributed by atoms with van der Waals surface area (Å²) in [7, 11) is 0. The molecule has 0 saturated heterocycles. The normalized spacial score (nSPS) is 11.9. The number of phenolic OH excluding ortho intramolecular Hbond substituents is 1. The summed E-state index contributed by atoms with van der Waals surface area (Å²) in [6, 6.07) is 20.7.